The average Bonchev–Trinajstić information content (AvgIpc) is 2.90. The Morgan fingerprint density at radius 1 is 1.32 bits per heavy atom. The first-order valence-electron chi connectivity index (χ1n) is 6.29. The molecule has 0 unspecified atom stereocenters. The number of nitrogens with one attached hydrogen (secondary N) is 1. The van der Waals surface area contributed by atoms with Crippen LogP contribution in [0.2, 0.25) is 5.02 Å². The minimum Gasteiger partial charge on any atom is -0.347 e. The highest BCUT2D eigenvalue weighted by Crippen LogP contribution is 2.30. The van der Waals surface area contributed by atoms with Gasteiger partial charge >= 0.3 is 6.18 Å². The summed E-state index contributed by atoms with van der Waals surface area (Å²) in [6.07, 6.45) is -2.76. The highest BCUT2D eigenvalue weighted by molar-refractivity contribution is 6.30. The molecular formula is C13H12ClF3N4O. The second-order valence-corrected chi connectivity index (χ2v) is 5.03. The van der Waals surface area contributed by atoms with Crippen LogP contribution in [-0.4, -0.2) is 27.1 Å². The summed E-state index contributed by atoms with van der Waals surface area (Å²) in [5.74, 6) is -0.588. The van der Waals surface area contributed by atoms with Gasteiger partial charge in [0.05, 0.1) is 18.7 Å². The van der Waals surface area contributed by atoms with E-state index in [0.717, 1.165) is 0 Å². The Hall–Kier alpha value is -2.09. The third-order valence-electron chi connectivity index (χ3n) is 2.82. The van der Waals surface area contributed by atoms with Crippen molar-refractivity contribution in [2.24, 2.45) is 0 Å². The predicted molar refractivity (Wildman–Crippen MR) is 73.0 cm³/mol. The molecule has 0 spiro atoms. The van der Waals surface area contributed by atoms with Crippen LogP contribution >= 0.6 is 11.6 Å². The summed E-state index contributed by atoms with van der Waals surface area (Å²) in [5, 5.41) is 9.87. The first kappa shape index (κ1) is 16.3. The quantitative estimate of drug-likeness (QED) is 0.916. The molecule has 0 aliphatic carbocycles. The van der Waals surface area contributed by atoms with Gasteiger partial charge in [-0.25, -0.2) is 4.68 Å². The summed E-state index contributed by atoms with van der Waals surface area (Å²) in [6, 6.07) is 4.67. The number of nitrogens with zero attached hydrogens (tertiary/aromatic N) is 3. The second kappa shape index (κ2) is 6.78. The average molecular weight is 333 g/mol. The molecule has 0 radical (unpaired) electrons. The van der Waals surface area contributed by atoms with Gasteiger partial charge in [-0.3, -0.25) is 4.79 Å². The van der Waals surface area contributed by atoms with Crippen molar-refractivity contribution >= 4 is 17.5 Å². The SMILES string of the molecule is O=C(Cn1ccnn1)N[C@@H](CC(F)(F)F)c1ccc(Cl)cc1. The zero-order chi connectivity index (χ0) is 16.2. The fourth-order valence-electron chi connectivity index (χ4n) is 1.88. The first-order chi connectivity index (χ1) is 10.3. The van der Waals surface area contributed by atoms with Gasteiger partial charge in [-0.05, 0) is 17.7 Å². The van der Waals surface area contributed by atoms with E-state index in [1.165, 1.54) is 41.3 Å². The molecule has 9 heteroatoms. The van der Waals surface area contributed by atoms with Crippen LogP contribution in [-0.2, 0) is 11.3 Å². The third kappa shape index (κ3) is 5.03. The van der Waals surface area contributed by atoms with E-state index in [4.69, 9.17) is 11.6 Å². The van der Waals surface area contributed by atoms with Gasteiger partial charge in [0.2, 0.25) is 5.91 Å². The van der Waals surface area contributed by atoms with Crippen molar-refractivity contribution in [2.75, 3.05) is 0 Å². The molecule has 1 aromatic heterocycles. The molecular weight excluding hydrogens is 321 g/mol. The lowest BCUT2D eigenvalue weighted by molar-refractivity contribution is -0.143. The Labute approximate surface area is 129 Å². The molecule has 0 aliphatic heterocycles. The number of rotatable bonds is 5. The molecule has 1 amide bonds. The van der Waals surface area contributed by atoms with E-state index in [-0.39, 0.29) is 6.54 Å². The van der Waals surface area contributed by atoms with Crippen LogP contribution in [0, 0.1) is 0 Å². The first-order valence-corrected chi connectivity index (χ1v) is 6.67. The topological polar surface area (TPSA) is 59.8 Å². The number of carbonyl (C=O) groups is 1. The standard InChI is InChI=1S/C13H12ClF3N4O/c14-10-3-1-9(2-4-10)11(7-13(15,16)17)19-12(22)8-21-6-5-18-20-21/h1-6,11H,7-8H2,(H,19,22)/t11-/m0/s1. The second-order valence-electron chi connectivity index (χ2n) is 4.59. The summed E-state index contributed by atoms with van der Waals surface area (Å²) in [7, 11) is 0. The van der Waals surface area contributed by atoms with E-state index in [9.17, 15) is 18.0 Å². The molecule has 1 aromatic carbocycles. The number of hydrogen-bond acceptors (Lipinski definition) is 3. The molecule has 5 nitrogen and oxygen atoms in total. The minimum atomic E-state index is -4.41. The highest BCUT2D eigenvalue weighted by Gasteiger charge is 2.33. The van der Waals surface area contributed by atoms with Gasteiger partial charge in [0.25, 0.3) is 0 Å². The smallest absolute Gasteiger partial charge is 0.347 e. The van der Waals surface area contributed by atoms with Crippen LogP contribution in [0.1, 0.15) is 18.0 Å². The summed E-state index contributed by atoms with van der Waals surface area (Å²) < 4.78 is 39.3. The van der Waals surface area contributed by atoms with E-state index in [0.29, 0.717) is 10.6 Å². The molecule has 0 saturated carbocycles. The van der Waals surface area contributed by atoms with Crippen LogP contribution in [0.25, 0.3) is 0 Å². The van der Waals surface area contributed by atoms with Crippen molar-refractivity contribution in [1.29, 1.82) is 0 Å². The molecule has 0 saturated heterocycles. The van der Waals surface area contributed by atoms with Crippen molar-refractivity contribution in [1.82, 2.24) is 20.3 Å². The van der Waals surface area contributed by atoms with Gasteiger partial charge in [-0.1, -0.05) is 28.9 Å². The third-order valence-corrected chi connectivity index (χ3v) is 3.07. The fraction of sp³-hybridized carbons (Fsp3) is 0.308. The highest BCUT2D eigenvalue weighted by atomic mass is 35.5. The fourth-order valence-corrected chi connectivity index (χ4v) is 2.01. The number of amides is 1. The van der Waals surface area contributed by atoms with E-state index in [2.05, 4.69) is 15.6 Å². The number of hydrogen-bond donors (Lipinski definition) is 1. The molecule has 2 rings (SSSR count). The van der Waals surface area contributed by atoms with E-state index in [1.54, 1.807) is 0 Å². The Morgan fingerprint density at radius 3 is 2.55 bits per heavy atom. The van der Waals surface area contributed by atoms with Crippen LogP contribution in [0.15, 0.2) is 36.7 Å². The molecule has 118 valence electrons. The summed E-state index contributed by atoms with van der Waals surface area (Å²) in [4.78, 5) is 11.9. The number of halogens is 4. The van der Waals surface area contributed by atoms with Gasteiger partial charge in [0.15, 0.2) is 0 Å². The largest absolute Gasteiger partial charge is 0.391 e. The molecule has 0 aliphatic rings. The monoisotopic (exact) mass is 332 g/mol. The lowest BCUT2D eigenvalue weighted by Gasteiger charge is -2.20. The number of aromatic nitrogens is 3. The minimum absolute atomic E-state index is 0.206. The van der Waals surface area contributed by atoms with Gasteiger partial charge in [0.1, 0.15) is 6.54 Å². The molecule has 1 heterocycles. The number of carbonyl (C=O) groups excluding carboxylic acids is 1. The van der Waals surface area contributed by atoms with Crippen LogP contribution in [0.5, 0.6) is 0 Å². The number of alkyl halides is 3. The van der Waals surface area contributed by atoms with Crippen molar-refractivity contribution in [3.8, 4) is 0 Å². The maximum atomic E-state index is 12.7. The lowest BCUT2D eigenvalue weighted by atomic mass is 10.0. The van der Waals surface area contributed by atoms with Crippen LogP contribution in [0.3, 0.4) is 0 Å². The Kier molecular flexibility index (Phi) is 5.02. The summed E-state index contributed by atoms with van der Waals surface area (Å²) in [5.41, 5.74) is 0.327. The molecule has 2 aromatic rings. The van der Waals surface area contributed by atoms with Crippen molar-refractivity contribution in [3.05, 3.63) is 47.2 Å². The molecule has 0 fully saturated rings. The van der Waals surface area contributed by atoms with E-state index in [1.807, 2.05) is 0 Å². The maximum absolute atomic E-state index is 12.7. The van der Waals surface area contributed by atoms with Crippen molar-refractivity contribution in [2.45, 2.75) is 25.2 Å². The Morgan fingerprint density at radius 2 is 2.00 bits per heavy atom. The van der Waals surface area contributed by atoms with Crippen LogP contribution < -0.4 is 5.32 Å². The predicted octanol–water partition coefficient (Wildman–Crippen LogP) is 2.74. The van der Waals surface area contributed by atoms with Gasteiger partial charge in [-0.15, -0.1) is 5.10 Å². The zero-order valence-corrected chi connectivity index (χ0v) is 12.0. The summed E-state index contributed by atoms with van der Waals surface area (Å²) in [6.45, 7) is -0.206. The van der Waals surface area contributed by atoms with E-state index >= 15 is 0 Å². The van der Waals surface area contributed by atoms with Crippen LogP contribution in [0.4, 0.5) is 13.2 Å². The van der Waals surface area contributed by atoms with Crippen molar-refractivity contribution < 1.29 is 18.0 Å². The zero-order valence-electron chi connectivity index (χ0n) is 11.2. The van der Waals surface area contributed by atoms with Gasteiger partial charge < -0.3 is 5.32 Å². The molecule has 1 N–H and O–H groups in total. The molecule has 1 atom stereocenters. The van der Waals surface area contributed by atoms with E-state index < -0.39 is 24.5 Å². The Balaban J connectivity index is 2.10. The summed E-state index contributed by atoms with van der Waals surface area (Å²) >= 11 is 5.72. The number of benzene rings is 1. The Bertz CT molecular complexity index is 613. The maximum Gasteiger partial charge on any atom is 0.391 e. The van der Waals surface area contributed by atoms with Crippen molar-refractivity contribution in [3.63, 3.8) is 0 Å². The molecule has 0 bridgehead atoms. The lowest BCUT2D eigenvalue weighted by Crippen LogP contribution is -2.34. The van der Waals surface area contributed by atoms with Gasteiger partial charge in [0, 0.05) is 11.2 Å². The normalized spacial score (nSPS) is 12.9. The van der Waals surface area contributed by atoms with Gasteiger partial charge in [-0.2, -0.15) is 13.2 Å². The molecule has 22 heavy (non-hydrogen) atoms.